The molecule has 3 aromatic rings. The lowest BCUT2D eigenvalue weighted by atomic mass is 9.88. The molecule has 0 saturated heterocycles. The van der Waals surface area contributed by atoms with Crippen molar-refractivity contribution in [1.29, 1.82) is 0 Å². The molecule has 1 aliphatic heterocycles. The minimum atomic E-state index is -3.40. The maximum atomic E-state index is 11.7. The van der Waals surface area contributed by atoms with Gasteiger partial charge in [-0.25, -0.2) is 8.42 Å². The molecule has 156 valence electrons. The number of nitrogens with one attached hydrogen (secondary N) is 1. The van der Waals surface area contributed by atoms with E-state index in [0.717, 1.165) is 34.2 Å². The number of benzene rings is 2. The largest absolute Gasteiger partial charge is 0.493 e. The number of ether oxygens (including phenoxy) is 1. The highest BCUT2D eigenvalue weighted by molar-refractivity contribution is 7.92. The molecule has 0 spiro atoms. The van der Waals surface area contributed by atoms with E-state index in [2.05, 4.69) is 9.71 Å². The van der Waals surface area contributed by atoms with Crippen LogP contribution in [0.2, 0.25) is 0 Å². The first-order valence-electron chi connectivity index (χ1n) is 9.74. The number of para-hydroxylation sites is 1. The maximum absolute atomic E-state index is 11.7. The molecule has 0 aliphatic carbocycles. The van der Waals surface area contributed by atoms with Crippen molar-refractivity contribution in [3.8, 4) is 16.9 Å². The molecular weight excluding hydrogens is 400 g/mol. The summed E-state index contributed by atoms with van der Waals surface area (Å²) in [7, 11) is -3.40. The van der Waals surface area contributed by atoms with Crippen LogP contribution in [0.4, 0.5) is 5.69 Å². The molecular formula is C23H24N2O4S. The van der Waals surface area contributed by atoms with E-state index < -0.39 is 16.1 Å². The van der Waals surface area contributed by atoms with Gasteiger partial charge in [0.05, 0.1) is 24.7 Å². The Bertz CT molecular complexity index is 1160. The zero-order valence-corrected chi connectivity index (χ0v) is 17.7. The van der Waals surface area contributed by atoms with Gasteiger partial charge in [-0.3, -0.25) is 9.71 Å². The number of aromatic nitrogens is 1. The second-order valence-electron chi connectivity index (χ2n) is 7.72. The Hall–Kier alpha value is -2.90. The van der Waals surface area contributed by atoms with Crippen LogP contribution in [0.1, 0.15) is 22.9 Å². The molecule has 0 amide bonds. The highest BCUT2D eigenvalue weighted by Crippen LogP contribution is 2.40. The average molecular weight is 425 g/mol. The summed E-state index contributed by atoms with van der Waals surface area (Å²) in [5, 5.41) is 10.9. The van der Waals surface area contributed by atoms with Gasteiger partial charge in [-0.15, -0.1) is 0 Å². The molecule has 7 heteroatoms. The predicted octanol–water partition coefficient (Wildman–Crippen LogP) is 3.71. The summed E-state index contributed by atoms with van der Waals surface area (Å²) in [5.41, 5.74) is 4.81. The Morgan fingerprint density at radius 1 is 1.17 bits per heavy atom. The van der Waals surface area contributed by atoms with Crippen LogP contribution >= 0.6 is 0 Å². The standard InChI is InChI=1S/C23H24N2O4S/c1-15-7-9-18(24-13-15)11-17-14-29-22-12-16(8-10-20(22)23(17)26)19-5-3-4-6-21(19)25-30(2,27)28/h3-10,12-13,17,23,25-26H,11,14H2,1-2H3. The van der Waals surface area contributed by atoms with E-state index in [0.29, 0.717) is 24.5 Å². The Morgan fingerprint density at radius 2 is 1.97 bits per heavy atom. The zero-order valence-electron chi connectivity index (χ0n) is 16.9. The molecule has 30 heavy (non-hydrogen) atoms. The van der Waals surface area contributed by atoms with Gasteiger partial charge in [0.15, 0.2) is 0 Å². The minimum absolute atomic E-state index is 0.0854. The molecule has 2 heterocycles. The number of pyridine rings is 1. The Balaban J connectivity index is 1.60. The van der Waals surface area contributed by atoms with E-state index in [4.69, 9.17) is 4.74 Å². The lowest BCUT2D eigenvalue weighted by Gasteiger charge is -2.30. The summed E-state index contributed by atoms with van der Waals surface area (Å²) in [4.78, 5) is 4.43. The van der Waals surface area contributed by atoms with Gasteiger partial charge in [0, 0.05) is 28.9 Å². The van der Waals surface area contributed by atoms with Gasteiger partial charge in [-0.1, -0.05) is 36.4 Å². The molecule has 0 fully saturated rings. The monoisotopic (exact) mass is 424 g/mol. The van der Waals surface area contributed by atoms with Crippen molar-refractivity contribution in [3.63, 3.8) is 0 Å². The molecule has 0 saturated carbocycles. The minimum Gasteiger partial charge on any atom is -0.493 e. The van der Waals surface area contributed by atoms with E-state index in [1.165, 1.54) is 0 Å². The van der Waals surface area contributed by atoms with E-state index in [-0.39, 0.29) is 5.92 Å². The molecule has 1 aliphatic rings. The third-order valence-corrected chi connectivity index (χ3v) is 5.80. The number of nitrogens with zero attached hydrogens (tertiary/aromatic N) is 1. The van der Waals surface area contributed by atoms with Gasteiger partial charge in [0.1, 0.15) is 5.75 Å². The van der Waals surface area contributed by atoms with Crippen LogP contribution in [0.25, 0.3) is 11.1 Å². The van der Waals surface area contributed by atoms with Crippen LogP contribution in [0.5, 0.6) is 5.75 Å². The number of aliphatic hydroxyl groups excluding tert-OH is 1. The number of fused-ring (bicyclic) bond motifs is 1. The molecule has 2 atom stereocenters. The Labute approximate surface area is 176 Å². The van der Waals surface area contributed by atoms with Gasteiger partial charge >= 0.3 is 0 Å². The predicted molar refractivity (Wildman–Crippen MR) is 117 cm³/mol. The summed E-state index contributed by atoms with van der Waals surface area (Å²) < 4.78 is 31.9. The highest BCUT2D eigenvalue weighted by Gasteiger charge is 2.30. The third kappa shape index (κ3) is 4.47. The second-order valence-corrected chi connectivity index (χ2v) is 9.47. The molecule has 2 N–H and O–H groups in total. The first kappa shape index (κ1) is 20.4. The van der Waals surface area contributed by atoms with Crippen LogP contribution in [-0.4, -0.2) is 31.4 Å². The van der Waals surface area contributed by atoms with Gasteiger partial charge in [0.25, 0.3) is 0 Å². The van der Waals surface area contributed by atoms with Crippen molar-refractivity contribution in [1.82, 2.24) is 4.98 Å². The lowest BCUT2D eigenvalue weighted by Crippen LogP contribution is -2.28. The number of hydrogen-bond acceptors (Lipinski definition) is 5. The van der Waals surface area contributed by atoms with Crippen LogP contribution in [0.3, 0.4) is 0 Å². The van der Waals surface area contributed by atoms with E-state index in [1.54, 1.807) is 12.1 Å². The molecule has 0 radical (unpaired) electrons. The Kier molecular flexibility index (Phi) is 5.49. The maximum Gasteiger partial charge on any atom is 0.229 e. The lowest BCUT2D eigenvalue weighted by molar-refractivity contribution is 0.0503. The summed E-state index contributed by atoms with van der Waals surface area (Å²) in [5.74, 6) is 0.528. The van der Waals surface area contributed by atoms with Crippen LogP contribution in [0.15, 0.2) is 60.8 Å². The molecule has 1 aromatic heterocycles. The van der Waals surface area contributed by atoms with Crippen molar-refractivity contribution in [2.75, 3.05) is 17.6 Å². The third-order valence-electron chi connectivity index (χ3n) is 5.21. The van der Waals surface area contributed by atoms with Gasteiger partial charge in [-0.2, -0.15) is 0 Å². The average Bonchev–Trinajstić information content (AvgIpc) is 2.71. The molecule has 2 aromatic carbocycles. The van der Waals surface area contributed by atoms with Crippen LogP contribution in [-0.2, 0) is 16.4 Å². The summed E-state index contributed by atoms with van der Waals surface area (Å²) in [6, 6.07) is 16.8. The van der Waals surface area contributed by atoms with Gasteiger partial charge < -0.3 is 9.84 Å². The first-order valence-corrected chi connectivity index (χ1v) is 11.6. The van der Waals surface area contributed by atoms with Gasteiger partial charge in [-0.05, 0) is 42.7 Å². The normalized spacial score (nSPS) is 18.4. The number of rotatable bonds is 5. The van der Waals surface area contributed by atoms with Crippen molar-refractivity contribution in [2.24, 2.45) is 5.92 Å². The molecule has 0 bridgehead atoms. The highest BCUT2D eigenvalue weighted by atomic mass is 32.2. The van der Waals surface area contributed by atoms with Crippen LogP contribution < -0.4 is 9.46 Å². The molecule has 4 rings (SSSR count). The van der Waals surface area contributed by atoms with E-state index in [9.17, 15) is 13.5 Å². The number of anilines is 1. The van der Waals surface area contributed by atoms with E-state index in [1.807, 2.05) is 55.6 Å². The summed E-state index contributed by atoms with van der Waals surface area (Å²) >= 11 is 0. The van der Waals surface area contributed by atoms with Crippen molar-refractivity contribution < 1.29 is 18.3 Å². The second kappa shape index (κ2) is 8.08. The van der Waals surface area contributed by atoms with Crippen molar-refractivity contribution in [2.45, 2.75) is 19.4 Å². The SMILES string of the molecule is Cc1ccc(CC2COc3cc(-c4ccccc4NS(C)(=O)=O)ccc3C2O)nc1. The summed E-state index contributed by atoms with van der Waals surface area (Å²) in [6.45, 7) is 2.38. The van der Waals surface area contributed by atoms with Crippen LogP contribution in [0, 0.1) is 12.8 Å². The Morgan fingerprint density at radius 3 is 2.70 bits per heavy atom. The van der Waals surface area contributed by atoms with Gasteiger partial charge in [0.2, 0.25) is 10.0 Å². The number of hydrogen-bond donors (Lipinski definition) is 2. The smallest absolute Gasteiger partial charge is 0.229 e. The molecule has 6 nitrogen and oxygen atoms in total. The number of aryl methyl sites for hydroxylation is 1. The van der Waals surface area contributed by atoms with Crippen molar-refractivity contribution >= 4 is 15.7 Å². The quantitative estimate of drug-likeness (QED) is 0.652. The topological polar surface area (TPSA) is 88.5 Å². The van der Waals surface area contributed by atoms with Crippen molar-refractivity contribution in [3.05, 3.63) is 77.6 Å². The van der Waals surface area contributed by atoms with E-state index >= 15 is 0 Å². The fourth-order valence-electron chi connectivity index (χ4n) is 3.70. The zero-order chi connectivity index (χ0) is 21.3. The number of sulfonamides is 1. The number of aliphatic hydroxyl groups is 1. The molecule has 2 unspecified atom stereocenters. The summed E-state index contributed by atoms with van der Waals surface area (Å²) in [6.07, 6.45) is 2.92. The first-order chi connectivity index (χ1) is 14.3. The fraction of sp³-hybridized carbons (Fsp3) is 0.261. The fourth-order valence-corrected chi connectivity index (χ4v) is 4.27.